The van der Waals surface area contributed by atoms with Gasteiger partial charge in [-0.2, -0.15) is 5.26 Å². The zero-order valence-corrected chi connectivity index (χ0v) is 22.5. The number of aromatic nitrogens is 3. The maximum Gasteiger partial charge on any atom is 0.340 e. The summed E-state index contributed by atoms with van der Waals surface area (Å²) >= 11 is 6.25. The largest absolute Gasteiger partial charge is 0.387 e. The number of rotatable bonds is 9. The molecule has 2 aromatic heterocycles. The van der Waals surface area contributed by atoms with Gasteiger partial charge in [0.15, 0.2) is 29.1 Å². The molecule has 1 aliphatic heterocycles. The van der Waals surface area contributed by atoms with Crippen LogP contribution in [0.5, 0.6) is 0 Å². The predicted octanol–water partition coefficient (Wildman–Crippen LogP) is 3.20. The first-order valence-electron chi connectivity index (χ1n) is 11.2. The van der Waals surface area contributed by atoms with Crippen LogP contribution >= 0.6 is 26.8 Å². The van der Waals surface area contributed by atoms with Gasteiger partial charge in [0.25, 0.3) is 0 Å². The standard InChI is InChI=1S/C21H22ClF2N5O8P2/c1-10(11-2-4-12(23)5-3-11)27-16-13(6-25)19(22)28-20-17(16)26-8-29(20)21-15(24)18(30)14(37-21)7-36-39(34,35)9-38(31,32)33/h2-5,8,10,14-15,18,21,30H,7,9H2,1H3,(H,27,28)(H,34,35)(H2,31,32,33)/t10-,14-,15+,18-,21-/m1/s1. The number of aliphatic hydroxyl groups excluding tert-OH is 1. The highest BCUT2D eigenvalue weighted by molar-refractivity contribution is 7.70. The number of nitriles is 1. The number of benzene rings is 1. The Bertz CT molecular complexity index is 1510. The predicted molar refractivity (Wildman–Crippen MR) is 133 cm³/mol. The van der Waals surface area contributed by atoms with E-state index in [2.05, 4.69) is 19.8 Å². The van der Waals surface area contributed by atoms with E-state index >= 15 is 4.39 Å². The highest BCUT2D eigenvalue weighted by Gasteiger charge is 2.47. The molecule has 13 nitrogen and oxygen atoms in total. The third kappa shape index (κ3) is 6.47. The van der Waals surface area contributed by atoms with Crippen LogP contribution in [0.2, 0.25) is 5.15 Å². The molecule has 210 valence electrons. The van der Waals surface area contributed by atoms with Gasteiger partial charge in [-0.3, -0.25) is 13.7 Å². The summed E-state index contributed by atoms with van der Waals surface area (Å²) in [6.07, 6.45) is -5.88. The number of hydrogen-bond donors (Lipinski definition) is 5. The molecule has 5 N–H and O–H groups in total. The molecule has 0 spiro atoms. The summed E-state index contributed by atoms with van der Waals surface area (Å²) in [5.74, 6) is -1.89. The maximum absolute atomic E-state index is 15.1. The number of ether oxygens (including phenoxy) is 1. The lowest BCUT2D eigenvalue weighted by molar-refractivity contribution is -0.0425. The minimum atomic E-state index is -4.90. The molecular weight excluding hydrogens is 586 g/mol. The van der Waals surface area contributed by atoms with Gasteiger partial charge in [0.05, 0.1) is 18.6 Å². The van der Waals surface area contributed by atoms with Crippen LogP contribution in [0.15, 0.2) is 30.6 Å². The average molecular weight is 608 g/mol. The Labute approximate surface area is 224 Å². The average Bonchev–Trinajstić information content (AvgIpc) is 3.37. The molecule has 18 heteroatoms. The fourth-order valence-corrected chi connectivity index (χ4v) is 6.81. The molecule has 3 heterocycles. The van der Waals surface area contributed by atoms with Crippen LogP contribution in [0.3, 0.4) is 0 Å². The van der Waals surface area contributed by atoms with Gasteiger partial charge in [-0.25, -0.2) is 18.7 Å². The van der Waals surface area contributed by atoms with Crippen molar-refractivity contribution in [2.24, 2.45) is 0 Å². The zero-order valence-electron chi connectivity index (χ0n) is 19.9. The van der Waals surface area contributed by atoms with Crippen molar-refractivity contribution in [3.05, 3.63) is 52.7 Å². The summed E-state index contributed by atoms with van der Waals surface area (Å²) in [4.78, 5) is 35.8. The number of hydrogen-bond acceptors (Lipinski definition) is 9. The molecular formula is C21H22ClF2N5O8P2. The smallest absolute Gasteiger partial charge is 0.340 e. The molecule has 4 rings (SSSR count). The van der Waals surface area contributed by atoms with Gasteiger partial charge in [-0.15, -0.1) is 0 Å². The topological polar surface area (TPSA) is 200 Å². The van der Waals surface area contributed by atoms with Gasteiger partial charge in [-0.1, -0.05) is 23.7 Å². The van der Waals surface area contributed by atoms with Gasteiger partial charge < -0.3 is 34.4 Å². The van der Waals surface area contributed by atoms with Crippen LogP contribution in [0.1, 0.15) is 30.3 Å². The summed E-state index contributed by atoms with van der Waals surface area (Å²) in [5, 5.41) is 22.9. The van der Waals surface area contributed by atoms with E-state index < -0.39 is 64.2 Å². The van der Waals surface area contributed by atoms with Crippen LogP contribution in [0.25, 0.3) is 11.2 Å². The number of anilines is 1. The van der Waals surface area contributed by atoms with E-state index in [1.165, 1.54) is 12.1 Å². The van der Waals surface area contributed by atoms with Crippen molar-refractivity contribution in [3.8, 4) is 6.07 Å². The van der Waals surface area contributed by atoms with Crippen molar-refractivity contribution in [1.82, 2.24) is 14.5 Å². The van der Waals surface area contributed by atoms with Gasteiger partial charge in [0.2, 0.25) is 0 Å². The van der Waals surface area contributed by atoms with Crippen LogP contribution in [0.4, 0.5) is 14.5 Å². The lowest BCUT2D eigenvalue weighted by Gasteiger charge is -2.19. The monoisotopic (exact) mass is 607 g/mol. The van der Waals surface area contributed by atoms with Crippen molar-refractivity contribution < 1.29 is 47.0 Å². The van der Waals surface area contributed by atoms with E-state index in [4.69, 9.17) is 26.1 Å². The van der Waals surface area contributed by atoms with Crippen molar-refractivity contribution in [3.63, 3.8) is 0 Å². The van der Waals surface area contributed by atoms with E-state index in [9.17, 15) is 28.8 Å². The maximum atomic E-state index is 15.1. The summed E-state index contributed by atoms with van der Waals surface area (Å²) in [5.41, 5.74) is 0.868. The molecule has 0 radical (unpaired) electrons. The van der Waals surface area contributed by atoms with Gasteiger partial charge in [-0.05, 0) is 24.6 Å². The molecule has 1 unspecified atom stereocenters. The second-order valence-corrected chi connectivity index (χ2v) is 13.1. The second kappa shape index (κ2) is 11.2. The molecule has 1 fully saturated rings. The normalized spacial score (nSPS) is 23.9. The number of fused-ring (bicyclic) bond motifs is 1. The van der Waals surface area contributed by atoms with Gasteiger partial charge >= 0.3 is 15.2 Å². The number of imidazole rings is 1. The number of halogens is 3. The molecule has 0 bridgehead atoms. The third-order valence-electron chi connectivity index (χ3n) is 5.88. The molecule has 6 atom stereocenters. The Morgan fingerprint density at radius 3 is 2.59 bits per heavy atom. The van der Waals surface area contributed by atoms with Crippen LogP contribution < -0.4 is 5.32 Å². The molecule has 0 saturated carbocycles. The molecule has 39 heavy (non-hydrogen) atoms. The molecule has 0 amide bonds. The summed E-state index contributed by atoms with van der Waals surface area (Å²) in [6, 6.07) is 7.13. The highest BCUT2D eigenvalue weighted by atomic mass is 35.5. The second-order valence-electron chi connectivity index (χ2n) is 8.75. The zero-order chi connectivity index (χ0) is 28.7. The summed E-state index contributed by atoms with van der Waals surface area (Å²) < 4.78 is 62.7. The van der Waals surface area contributed by atoms with E-state index in [1.807, 2.05) is 6.07 Å². The lowest BCUT2D eigenvalue weighted by atomic mass is 10.1. The van der Waals surface area contributed by atoms with E-state index in [-0.39, 0.29) is 27.6 Å². The van der Waals surface area contributed by atoms with E-state index in [0.29, 0.717) is 5.56 Å². The highest BCUT2D eigenvalue weighted by Crippen LogP contribution is 2.55. The number of alkyl halides is 1. The Morgan fingerprint density at radius 2 is 1.97 bits per heavy atom. The molecule has 1 saturated heterocycles. The van der Waals surface area contributed by atoms with Gasteiger partial charge in [0.1, 0.15) is 35.2 Å². The Hall–Kier alpha value is -2.50. The minimum absolute atomic E-state index is 0.0245. The SMILES string of the molecule is C[C@@H](Nc1c(C#N)c(Cl)nc2c1ncn2[C@@H]1O[C@H](COP(=O)(O)CP(=O)(O)O)[C@@H](O)[C@@H]1F)c1ccc(F)cc1. The van der Waals surface area contributed by atoms with E-state index in [0.717, 1.165) is 10.9 Å². The van der Waals surface area contributed by atoms with Crippen LogP contribution in [-0.4, -0.2) is 65.2 Å². The number of aliphatic hydroxyl groups is 1. The first-order chi connectivity index (χ1) is 18.2. The Morgan fingerprint density at radius 1 is 1.31 bits per heavy atom. The Kier molecular flexibility index (Phi) is 8.45. The van der Waals surface area contributed by atoms with Crippen molar-refractivity contribution >= 4 is 43.6 Å². The quantitative estimate of drug-likeness (QED) is 0.176. The minimum Gasteiger partial charge on any atom is -0.387 e. The third-order valence-corrected chi connectivity index (χ3v) is 9.61. The molecule has 1 aliphatic rings. The molecule has 3 aromatic rings. The molecule has 0 aliphatic carbocycles. The van der Waals surface area contributed by atoms with Crippen LogP contribution in [-0.2, 0) is 18.4 Å². The Balaban J connectivity index is 1.62. The molecule has 1 aromatic carbocycles. The van der Waals surface area contributed by atoms with Crippen molar-refractivity contribution in [1.29, 1.82) is 5.26 Å². The first kappa shape index (κ1) is 29.5. The summed E-state index contributed by atoms with van der Waals surface area (Å²) in [6.45, 7) is 0.893. The van der Waals surface area contributed by atoms with Crippen molar-refractivity contribution in [2.75, 3.05) is 17.8 Å². The first-order valence-corrected chi connectivity index (χ1v) is 15.1. The lowest BCUT2D eigenvalue weighted by Crippen LogP contribution is -2.31. The van der Waals surface area contributed by atoms with E-state index in [1.54, 1.807) is 19.1 Å². The number of nitrogens with one attached hydrogen (secondary N) is 1. The van der Waals surface area contributed by atoms with Gasteiger partial charge in [0, 0.05) is 6.04 Å². The summed E-state index contributed by atoms with van der Waals surface area (Å²) in [7, 11) is -9.68. The number of nitrogens with zero attached hydrogens (tertiary/aromatic N) is 4. The van der Waals surface area contributed by atoms with Crippen molar-refractivity contribution in [2.45, 2.75) is 37.6 Å². The number of pyridine rings is 1. The van der Waals surface area contributed by atoms with Crippen LogP contribution in [0, 0.1) is 17.1 Å². The fraction of sp³-hybridized carbons (Fsp3) is 0.381. The fourth-order valence-electron chi connectivity index (χ4n) is 4.02.